The van der Waals surface area contributed by atoms with Gasteiger partial charge in [0.2, 0.25) is 0 Å². The quantitative estimate of drug-likeness (QED) is 0.673. The first-order valence-corrected chi connectivity index (χ1v) is 6.85. The molecule has 1 fully saturated rings. The molecule has 1 amide bonds. The molecule has 0 spiro atoms. The Morgan fingerprint density at radius 3 is 3.05 bits per heavy atom. The molecule has 1 heterocycles. The number of benzene rings is 1. The molecule has 5 nitrogen and oxygen atoms in total. The lowest BCUT2D eigenvalue weighted by molar-refractivity contribution is 0.0950. The van der Waals surface area contributed by atoms with Crippen LogP contribution in [0.25, 0.3) is 0 Å². The third-order valence-corrected chi connectivity index (χ3v) is 3.54. The van der Waals surface area contributed by atoms with Crippen molar-refractivity contribution in [2.45, 2.75) is 18.8 Å². The molecule has 0 aliphatic heterocycles. The van der Waals surface area contributed by atoms with Crippen molar-refractivity contribution < 1.29 is 9.18 Å². The summed E-state index contributed by atoms with van der Waals surface area (Å²) in [5.74, 6) is -0.474. The zero-order valence-electron chi connectivity index (χ0n) is 10.9. The number of amides is 1. The summed E-state index contributed by atoms with van der Waals surface area (Å²) < 4.78 is 13.5. The van der Waals surface area contributed by atoms with Crippen molar-refractivity contribution in [3.8, 4) is 0 Å². The number of hydrogen-bond donors (Lipinski definition) is 2. The van der Waals surface area contributed by atoms with Gasteiger partial charge in [-0.15, -0.1) is 0 Å². The Bertz CT molecular complexity index is 688. The summed E-state index contributed by atoms with van der Waals surface area (Å²) in [4.78, 5) is 11.8. The van der Waals surface area contributed by atoms with Gasteiger partial charge in [-0.1, -0.05) is 17.7 Å². The van der Waals surface area contributed by atoms with Gasteiger partial charge in [-0.2, -0.15) is 10.2 Å². The maximum absolute atomic E-state index is 13.5. The van der Waals surface area contributed by atoms with Crippen LogP contribution in [-0.2, 0) is 0 Å². The average molecular weight is 307 g/mol. The summed E-state index contributed by atoms with van der Waals surface area (Å²) in [6.45, 7) is 0. The van der Waals surface area contributed by atoms with E-state index in [1.165, 1.54) is 18.3 Å². The highest BCUT2D eigenvalue weighted by molar-refractivity contribution is 6.33. The van der Waals surface area contributed by atoms with E-state index in [1.54, 1.807) is 12.1 Å². The van der Waals surface area contributed by atoms with Crippen molar-refractivity contribution in [3.05, 3.63) is 52.1 Å². The van der Waals surface area contributed by atoms with Gasteiger partial charge in [0.15, 0.2) is 5.69 Å². The molecule has 0 saturated heterocycles. The average Bonchev–Trinajstić information content (AvgIpc) is 3.19. The summed E-state index contributed by atoms with van der Waals surface area (Å²) >= 11 is 5.85. The molecule has 2 N–H and O–H groups in total. The summed E-state index contributed by atoms with van der Waals surface area (Å²) in [6.07, 6.45) is 3.41. The van der Waals surface area contributed by atoms with Gasteiger partial charge in [0, 0.05) is 17.2 Å². The first kappa shape index (κ1) is 13.8. The normalized spacial score (nSPS) is 14.6. The van der Waals surface area contributed by atoms with Crippen LogP contribution < -0.4 is 5.43 Å². The van der Waals surface area contributed by atoms with Gasteiger partial charge in [-0.05, 0) is 31.0 Å². The zero-order chi connectivity index (χ0) is 14.8. The second-order valence-electron chi connectivity index (χ2n) is 4.82. The van der Waals surface area contributed by atoms with E-state index in [4.69, 9.17) is 11.6 Å². The molecule has 0 bridgehead atoms. The lowest BCUT2D eigenvalue weighted by atomic mass is 10.2. The Labute approximate surface area is 125 Å². The Kier molecular flexibility index (Phi) is 3.70. The van der Waals surface area contributed by atoms with Gasteiger partial charge in [0.05, 0.1) is 11.2 Å². The summed E-state index contributed by atoms with van der Waals surface area (Å²) in [6, 6.07) is 6.02. The first-order valence-electron chi connectivity index (χ1n) is 6.48. The fourth-order valence-electron chi connectivity index (χ4n) is 1.90. The van der Waals surface area contributed by atoms with Crippen LogP contribution in [0.3, 0.4) is 0 Å². The molecular formula is C14H12ClFN4O. The summed E-state index contributed by atoms with van der Waals surface area (Å²) in [5, 5.41) is 10.7. The summed E-state index contributed by atoms with van der Waals surface area (Å²) in [7, 11) is 0. The van der Waals surface area contributed by atoms with Crippen molar-refractivity contribution in [3.63, 3.8) is 0 Å². The second kappa shape index (κ2) is 5.65. The predicted octanol–water partition coefficient (Wildman–Crippen LogP) is 2.84. The first-order chi connectivity index (χ1) is 10.1. The van der Waals surface area contributed by atoms with Crippen LogP contribution in [0, 0.1) is 5.82 Å². The molecule has 1 aliphatic rings. The number of aromatic amines is 1. The molecular weight excluding hydrogens is 295 g/mol. The van der Waals surface area contributed by atoms with Gasteiger partial charge < -0.3 is 0 Å². The van der Waals surface area contributed by atoms with Gasteiger partial charge in [-0.3, -0.25) is 9.89 Å². The molecule has 1 aromatic carbocycles. The fraction of sp³-hybridized carbons (Fsp3) is 0.214. The molecule has 1 aromatic heterocycles. The van der Waals surface area contributed by atoms with Crippen molar-refractivity contribution in [1.29, 1.82) is 0 Å². The minimum Gasteiger partial charge on any atom is -0.281 e. The monoisotopic (exact) mass is 306 g/mol. The number of hydrogen-bond acceptors (Lipinski definition) is 3. The van der Waals surface area contributed by atoms with Gasteiger partial charge in [0.1, 0.15) is 5.82 Å². The van der Waals surface area contributed by atoms with Crippen LogP contribution in [0.5, 0.6) is 0 Å². The number of aromatic nitrogens is 2. The number of H-pyrrole nitrogens is 1. The molecule has 2 aromatic rings. The number of rotatable bonds is 4. The molecule has 1 saturated carbocycles. The molecule has 1 aliphatic carbocycles. The maximum atomic E-state index is 13.5. The van der Waals surface area contributed by atoms with Crippen LogP contribution >= 0.6 is 11.6 Å². The predicted molar refractivity (Wildman–Crippen MR) is 77.0 cm³/mol. The van der Waals surface area contributed by atoms with Crippen molar-refractivity contribution >= 4 is 23.7 Å². The van der Waals surface area contributed by atoms with Gasteiger partial charge in [-0.25, -0.2) is 9.82 Å². The zero-order valence-corrected chi connectivity index (χ0v) is 11.7. The number of carbonyl (C=O) groups is 1. The van der Waals surface area contributed by atoms with Crippen LogP contribution in [0.2, 0.25) is 5.02 Å². The van der Waals surface area contributed by atoms with Crippen molar-refractivity contribution in [2.24, 2.45) is 5.10 Å². The lowest BCUT2D eigenvalue weighted by Crippen LogP contribution is -2.18. The standard InChI is InChI=1S/C14H12ClFN4O/c15-10-2-1-3-11(16)9(10)7-17-20-14(21)13-6-12(18-19-13)8-4-5-8/h1-3,6-8H,4-5H2,(H,18,19)(H,20,21). The Morgan fingerprint density at radius 1 is 1.52 bits per heavy atom. The lowest BCUT2D eigenvalue weighted by Gasteiger charge is -1.99. The van der Waals surface area contributed by atoms with Gasteiger partial charge in [0.25, 0.3) is 5.91 Å². The highest BCUT2D eigenvalue weighted by atomic mass is 35.5. The van der Waals surface area contributed by atoms with E-state index in [2.05, 4.69) is 20.7 Å². The molecule has 108 valence electrons. The maximum Gasteiger partial charge on any atom is 0.291 e. The molecule has 0 unspecified atom stereocenters. The van der Waals surface area contributed by atoms with E-state index in [1.807, 2.05) is 0 Å². The molecule has 7 heteroatoms. The molecule has 21 heavy (non-hydrogen) atoms. The molecule has 3 rings (SSSR count). The highest BCUT2D eigenvalue weighted by Crippen LogP contribution is 2.38. The second-order valence-corrected chi connectivity index (χ2v) is 5.22. The van der Waals surface area contributed by atoms with Gasteiger partial charge >= 0.3 is 0 Å². The number of carbonyl (C=O) groups excluding carboxylic acids is 1. The number of halogens is 2. The fourth-order valence-corrected chi connectivity index (χ4v) is 2.11. The Morgan fingerprint density at radius 2 is 2.33 bits per heavy atom. The minimum atomic E-state index is -0.503. The van der Waals surface area contributed by atoms with E-state index in [9.17, 15) is 9.18 Å². The van der Waals surface area contributed by atoms with Crippen molar-refractivity contribution in [2.75, 3.05) is 0 Å². The third kappa shape index (κ3) is 3.11. The SMILES string of the molecule is O=C(NN=Cc1c(F)cccc1Cl)c1cc(C2CC2)[nH]n1. The van der Waals surface area contributed by atoms with Crippen LogP contribution in [0.4, 0.5) is 4.39 Å². The Hall–Kier alpha value is -2.21. The highest BCUT2D eigenvalue weighted by Gasteiger charge is 2.26. The van der Waals surface area contributed by atoms with E-state index in [0.717, 1.165) is 18.5 Å². The van der Waals surface area contributed by atoms with Crippen LogP contribution in [-0.4, -0.2) is 22.3 Å². The largest absolute Gasteiger partial charge is 0.291 e. The number of nitrogens with zero attached hydrogens (tertiary/aromatic N) is 2. The van der Waals surface area contributed by atoms with Crippen LogP contribution in [0.1, 0.15) is 40.5 Å². The Balaban J connectivity index is 1.66. The van der Waals surface area contributed by atoms with E-state index >= 15 is 0 Å². The third-order valence-electron chi connectivity index (χ3n) is 3.21. The number of nitrogens with one attached hydrogen (secondary N) is 2. The van der Waals surface area contributed by atoms with Crippen molar-refractivity contribution in [1.82, 2.24) is 15.6 Å². The minimum absolute atomic E-state index is 0.125. The van der Waals surface area contributed by atoms with Crippen LogP contribution in [0.15, 0.2) is 29.4 Å². The van der Waals surface area contributed by atoms with E-state index < -0.39 is 11.7 Å². The molecule has 0 atom stereocenters. The molecule has 0 radical (unpaired) electrons. The topological polar surface area (TPSA) is 70.1 Å². The van der Waals surface area contributed by atoms with E-state index in [0.29, 0.717) is 5.92 Å². The summed E-state index contributed by atoms with van der Waals surface area (Å²) in [5.41, 5.74) is 3.64. The van der Waals surface area contributed by atoms with E-state index in [-0.39, 0.29) is 16.3 Å². The smallest absolute Gasteiger partial charge is 0.281 e. The number of hydrazone groups is 1.